The summed E-state index contributed by atoms with van der Waals surface area (Å²) in [5.74, 6) is -0.0000826. The predicted octanol–water partition coefficient (Wildman–Crippen LogP) is 4.75. The number of hydrogen-bond donors (Lipinski definition) is 3. The fraction of sp³-hybridized carbons (Fsp3) is 0.0476. The van der Waals surface area contributed by atoms with E-state index < -0.39 is 5.82 Å². The monoisotopic (exact) mass is 408 g/mol. The van der Waals surface area contributed by atoms with Crippen LogP contribution in [0.3, 0.4) is 0 Å². The molecule has 4 rings (SSSR count). The summed E-state index contributed by atoms with van der Waals surface area (Å²) < 4.78 is 19.1. The normalized spacial score (nSPS) is 10.7. The lowest BCUT2D eigenvalue weighted by atomic mass is 10.1. The molecule has 0 spiro atoms. The van der Waals surface area contributed by atoms with Crippen LogP contribution in [-0.2, 0) is 6.61 Å². The Morgan fingerprint density at radius 3 is 2.72 bits per heavy atom. The Labute approximate surface area is 170 Å². The Morgan fingerprint density at radius 2 is 2.00 bits per heavy atom. The molecular formula is C21H17FN4O2S. The van der Waals surface area contributed by atoms with Gasteiger partial charge in [-0.15, -0.1) is 0 Å². The second-order valence-electron chi connectivity index (χ2n) is 6.21. The fourth-order valence-corrected chi connectivity index (χ4v) is 3.55. The van der Waals surface area contributed by atoms with Crippen LogP contribution in [0.4, 0.5) is 21.0 Å². The molecular weight excluding hydrogens is 391 g/mol. The van der Waals surface area contributed by atoms with Gasteiger partial charge in [-0.25, -0.2) is 9.37 Å². The maximum absolute atomic E-state index is 13.4. The molecule has 0 unspecified atom stereocenters. The number of ether oxygens (including phenoxy) is 1. The molecule has 0 bridgehead atoms. The minimum Gasteiger partial charge on any atom is -0.487 e. The Bertz CT molecular complexity index is 1120. The number of thiazole rings is 1. The van der Waals surface area contributed by atoms with Crippen LogP contribution < -0.4 is 15.8 Å². The third-order valence-corrected chi connectivity index (χ3v) is 5.09. The highest BCUT2D eigenvalue weighted by Crippen LogP contribution is 2.30. The second-order valence-corrected chi connectivity index (χ2v) is 7.21. The molecule has 0 aliphatic carbocycles. The largest absolute Gasteiger partial charge is 0.487 e. The number of hydrogen-bond acceptors (Lipinski definition) is 6. The van der Waals surface area contributed by atoms with E-state index in [4.69, 9.17) is 10.5 Å². The van der Waals surface area contributed by atoms with E-state index in [0.717, 1.165) is 28.5 Å². The Morgan fingerprint density at radius 1 is 1.17 bits per heavy atom. The molecule has 0 fully saturated rings. The minimum atomic E-state index is -0.476. The van der Waals surface area contributed by atoms with E-state index in [9.17, 15) is 9.18 Å². The van der Waals surface area contributed by atoms with Gasteiger partial charge in [0.1, 0.15) is 28.9 Å². The van der Waals surface area contributed by atoms with Crippen LogP contribution >= 0.6 is 11.3 Å². The van der Waals surface area contributed by atoms with Gasteiger partial charge < -0.3 is 20.8 Å². The van der Waals surface area contributed by atoms with Crippen molar-refractivity contribution in [3.63, 3.8) is 0 Å². The first-order valence-corrected chi connectivity index (χ1v) is 9.59. The van der Waals surface area contributed by atoms with E-state index in [1.807, 2.05) is 42.6 Å². The van der Waals surface area contributed by atoms with Crippen LogP contribution in [0.25, 0.3) is 0 Å². The van der Waals surface area contributed by atoms with Gasteiger partial charge >= 0.3 is 0 Å². The van der Waals surface area contributed by atoms with Crippen LogP contribution in [0, 0.1) is 5.82 Å². The number of halogens is 1. The van der Waals surface area contributed by atoms with Crippen molar-refractivity contribution in [1.82, 2.24) is 9.97 Å². The lowest BCUT2D eigenvalue weighted by Gasteiger charge is -2.07. The molecule has 2 aromatic carbocycles. The van der Waals surface area contributed by atoms with Gasteiger partial charge in [0, 0.05) is 17.4 Å². The zero-order chi connectivity index (χ0) is 20.2. The first-order valence-electron chi connectivity index (χ1n) is 8.77. The van der Waals surface area contributed by atoms with Crippen molar-refractivity contribution in [1.29, 1.82) is 0 Å². The average Bonchev–Trinajstić information content (AvgIpc) is 3.36. The lowest BCUT2D eigenvalue weighted by Crippen LogP contribution is -2.02. The van der Waals surface area contributed by atoms with E-state index in [1.54, 1.807) is 6.07 Å². The Kier molecular flexibility index (Phi) is 5.26. The van der Waals surface area contributed by atoms with Crippen LogP contribution in [0.2, 0.25) is 0 Å². The molecule has 0 aliphatic rings. The van der Waals surface area contributed by atoms with E-state index in [-0.39, 0.29) is 22.0 Å². The van der Waals surface area contributed by atoms with Gasteiger partial charge in [-0.1, -0.05) is 23.5 Å². The summed E-state index contributed by atoms with van der Waals surface area (Å²) >= 11 is 1.12. The zero-order valence-corrected chi connectivity index (χ0v) is 16.0. The second kappa shape index (κ2) is 8.15. The number of rotatable bonds is 7. The Hall–Kier alpha value is -3.65. The van der Waals surface area contributed by atoms with Crippen LogP contribution in [0.1, 0.15) is 20.9 Å². The molecule has 4 aromatic rings. The summed E-state index contributed by atoms with van der Waals surface area (Å²) in [4.78, 5) is 20.1. The highest BCUT2D eigenvalue weighted by Gasteiger charge is 2.18. The SMILES string of the molecule is Nc1nc(Nc2ccc(OCc3ccc[nH]3)cc2)sc1C(=O)c1cccc(F)c1. The molecule has 0 atom stereocenters. The number of nitrogens with one attached hydrogen (secondary N) is 2. The number of benzene rings is 2. The van der Waals surface area contributed by atoms with E-state index in [2.05, 4.69) is 15.3 Å². The number of nitrogens with zero attached hydrogens (tertiary/aromatic N) is 1. The highest BCUT2D eigenvalue weighted by molar-refractivity contribution is 7.18. The number of H-pyrrole nitrogens is 1. The maximum Gasteiger partial charge on any atom is 0.206 e. The fourth-order valence-electron chi connectivity index (χ4n) is 2.69. The van der Waals surface area contributed by atoms with Crippen LogP contribution in [0.5, 0.6) is 5.75 Å². The van der Waals surface area contributed by atoms with Gasteiger partial charge in [-0.3, -0.25) is 4.79 Å². The van der Waals surface area contributed by atoms with Crippen molar-refractivity contribution in [3.05, 3.63) is 88.8 Å². The van der Waals surface area contributed by atoms with Crippen molar-refractivity contribution < 1.29 is 13.9 Å². The summed E-state index contributed by atoms with van der Waals surface area (Å²) in [5, 5.41) is 3.59. The van der Waals surface area contributed by atoms with Crippen LogP contribution in [0.15, 0.2) is 66.9 Å². The van der Waals surface area contributed by atoms with Crippen molar-refractivity contribution >= 4 is 33.8 Å². The van der Waals surface area contributed by atoms with Gasteiger partial charge in [0.05, 0.1) is 5.69 Å². The molecule has 0 amide bonds. The zero-order valence-electron chi connectivity index (χ0n) is 15.2. The average molecular weight is 408 g/mol. The molecule has 4 N–H and O–H groups in total. The number of anilines is 3. The summed E-state index contributed by atoms with van der Waals surface area (Å²) in [5.41, 5.74) is 7.90. The Balaban J connectivity index is 1.43. The number of aromatic nitrogens is 2. The third-order valence-electron chi connectivity index (χ3n) is 4.11. The molecule has 8 heteroatoms. The number of nitrogens with two attached hydrogens (primary N) is 1. The molecule has 6 nitrogen and oxygen atoms in total. The van der Waals surface area contributed by atoms with Gasteiger partial charge in [-0.2, -0.15) is 0 Å². The first kappa shape index (κ1) is 18.7. The van der Waals surface area contributed by atoms with Crippen molar-refractivity contribution in [3.8, 4) is 5.75 Å². The molecule has 0 saturated carbocycles. The molecule has 0 aliphatic heterocycles. The number of aromatic amines is 1. The number of nitrogen functional groups attached to an aromatic ring is 1. The van der Waals surface area contributed by atoms with Gasteiger partial charge in [0.25, 0.3) is 0 Å². The van der Waals surface area contributed by atoms with Gasteiger partial charge in [0.2, 0.25) is 5.78 Å². The summed E-state index contributed by atoms with van der Waals surface area (Å²) in [6, 6.07) is 16.7. The summed E-state index contributed by atoms with van der Waals surface area (Å²) in [6.07, 6.45) is 1.85. The smallest absolute Gasteiger partial charge is 0.206 e. The number of carbonyl (C=O) groups is 1. The maximum atomic E-state index is 13.4. The first-order chi connectivity index (χ1) is 14.1. The summed E-state index contributed by atoms with van der Waals surface area (Å²) in [7, 11) is 0. The quantitative estimate of drug-likeness (QED) is 0.384. The molecule has 2 heterocycles. The molecule has 0 radical (unpaired) electrons. The lowest BCUT2D eigenvalue weighted by molar-refractivity contribution is 0.104. The van der Waals surface area contributed by atoms with E-state index in [0.29, 0.717) is 11.7 Å². The minimum absolute atomic E-state index is 0.109. The van der Waals surface area contributed by atoms with Crippen molar-refractivity contribution in [2.45, 2.75) is 6.61 Å². The van der Waals surface area contributed by atoms with Gasteiger partial charge in [-0.05, 0) is 48.5 Å². The summed E-state index contributed by atoms with van der Waals surface area (Å²) in [6.45, 7) is 0.453. The van der Waals surface area contributed by atoms with E-state index >= 15 is 0 Å². The highest BCUT2D eigenvalue weighted by atomic mass is 32.1. The molecule has 146 valence electrons. The van der Waals surface area contributed by atoms with E-state index in [1.165, 1.54) is 18.2 Å². The molecule has 0 saturated heterocycles. The standard InChI is InChI=1S/C21H17FN4O2S/c22-14-4-1-3-13(11-14)18(27)19-20(23)26-21(29-19)25-15-6-8-17(9-7-15)28-12-16-5-2-10-24-16/h1-11,24H,12,23H2,(H,25,26). The topological polar surface area (TPSA) is 93.0 Å². The van der Waals surface area contributed by atoms with Crippen LogP contribution in [-0.4, -0.2) is 15.8 Å². The van der Waals surface area contributed by atoms with Gasteiger partial charge in [0.15, 0.2) is 5.13 Å². The van der Waals surface area contributed by atoms with Crippen molar-refractivity contribution in [2.24, 2.45) is 0 Å². The number of carbonyl (C=O) groups excluding carboxylic acids is 1. The molecule has 29 heavy (non-hydrogen) atoms. The predicted molar refractivity (Wildman–Crippen MR) is 111 cm³/mol. The number of ketones is 1. The van der Waals surface area contributed by atoms with Crippen molar-refractivity contribution in [2.75, 3.05) is 11.1 Å². The molecule has 2 aromatic heterocycles. The third kappa shape index (κ3) is 4.44.